The Morgan fingerprint density at radius 1 is 0.941 bits per heavy atom. The number of nitrogens with one attached hydrogen (secondary N) is 2. The first-order valence-corrected chi connectivity index (χ1v) is 12.0. The molecule has 0 aliphatic rings. The lowest BCUT2D eigenvalue weighted by Gasteiger charge is -2.18. The van der Waals surface area contributed by atoms with Gasteiger partial charge in [-0.3, -0.25) is 9.59 Å². The monoisotopic (exact) mass is 484 g/mol. The van der Waals surface area contributed by atoms with Crippen LogP contribution in [0.15, 0.2) is 77.7 Å². The second-order valence-electron chi connectivity index (χ2n) is 7.83. The Bertz CT molecular complexity index is 1260. The maximum absolute atomic E-state index is 14.1. The van der Waals surface area contributed by atoms with Crippen LogP contribution in [0.4, 0.5) is 10.1 Å². The minimum absolute atomic E-state index is 0.0496. The van der Waals surface area contributed by atoms with Crippen LogP contribution in [0.5, 0.6) is 0 Å². The summed E-state index contributed by atoms with van der Waals surface area (Å²) in [4.78, 5) is 24.5. The normalized spacial score (nSPS) is 12.1. The molecule has 0 saturated heterocycles. The van der Waals surface area contributed by atoms with Crippen molar-refractivity contribution in [2.75, 3.05) is 11.9 Å². The molecule has 0 spiro atoms. The number of amides is 1. The molecule has 0 aromatic heterocycles. The van der Waals surface area contributed by atoms with Gasteiger partial charge in [0.2, 0.25) is 10.0 Å². The summed E-state index contributed by atoms with van der Waals surface area (Å²) in [7, 11) is -4.38. The predicted octanol–water partition coefficient (Wildman–Crippen LogP) is 3.51. The van der Waals surface area contributed by atoms with E-state index in [-0.39, 0.29) is 6.42 Å². The summed E-state index contributed by atoms with van der Waals surface area (Å²) in [6.07, 6.45) is -0.0496. The highest BCUT2D eigenvalue weighted by molar-refractivity contribution is 7.89. The largest absolute Gasteiger partial charge is 0.454 e. The fraction of sp³-hybridized carbons (Fsp3) is 0.200. The Morgan fingerprint density at radius 3 is 2.21 bits per heavy atom. The summed E-state index contributed by atoms with van der Waals surface area (Å²) in [6.45, 7) is 3.16. The van der Waals surface area contributed by atoms with Gasteiger partial charge in [0.05, 0.1) is 0 Å². The molecule has 0 aliphatic heterocycles. The molecule has 9 heteroatoms. The molecule has 3 rings (SSSR count). The molecule has 0 saturated carbocycles. The van der Waals surface area contributed by atoms with Crippen LogP contribution in [0.3, 0.4) is 0 Å². The smallest absolute Gasteiger partial charge is 0.325 e. The maximum Gasteiger partial charge on any atom is 0.325 e. The SMILES string of the molecule is Cc1cc(C)cc(NC(=O)COC(=O)[C@@H](Cc2ccccc2)NS(=O)(=O)c2ccccc2F)c1. The highest BCUT2D eigenvalue weighted by Gasteiger charge is 2.29. The Balaban J connectivity index is 1.72. The van der Waals surface area contributed by atoms with Crippen molar-refractivity contribution in [3.63, 3.8) is 0 Å². The van der Waals surface area contributed by atoms with Crippen molar-refractivity contribution < 1.29 is 27.1 Å². The van der Waals surface area contributed by atoms with Gasteiger partial charge in [-0.15, -0.1) is 0 Å². The molecule has 1 atom stereocenters. The first-order valence-electron chi connectivity index (χ1n) is 10.5. The number of rotatable bonds is 9. The quantitative estimate of drug-likeness (QED) is 0.453. The van der Waals surface area contributed by atoms with Crippen molar-refractivity contribution in [1.29, 1.82) is 0 Å². The maximum atomic E-state index is 14.1. The highest BCUT2D eigenvalue weighted by Crippen LogP contribution is 2.16. The number of esters is 1. The van der Waals surface area contributed by atoms with E-state index < -0.39 is 45.3 Å². The molecule has 178 valence electrons. The number of sulfonamides is 1. The zero-order chi connectivity index (χ0) is 24.7. The van der Waals surface area contributed by atoms with E-state index in [1.807, 2.05) is 19.9 Å². The van der Waals surface area contributed by atoms with Gasteiger partial charge in [0.15, 0.2) is 6.61 Å². The third kappa shape index (κ3) is 6.97. The molecular weight excluding hydrogens is 459 g/mol. The average Bonchev–Trinajstić information content (AvgIpc) is 2.77. The second kappa shape index (κ2) is 11.0. The first kappa shape index (κ1) is 25.1. The number of carbonyl (C=O) groups is 2. The number of anilines is 1. The van der Waals surface area contributed by atoms with Crippen LogP contribution >= 0.6 is 0 Å². The fourth-order valence-corrected chi connectivity index (χ4v) is 4.68. The summed E-state index contributed by atoms with van der Waals surface area (Å²) in [6, 6.07) is 17.6. The van der Waals surface area contributed by atoms with Crippen molar-refractivity contribution in [2.24, 2.45) is 0 Å². The van der Waals surface area contributed by atoms with Gasteiger partial charge in [-0.25, -0.2) is 12.8 Å². The van der Waals surface area contributed by atoms with Crippen LogP contribution in [0.2, 0.25) is 0 Å². The second-order valence-corrected chi connectivity index (χ2v) is 9.51. The zero-order valence-electron chi connectivity index (χ0n) is 18.7. The van der Waals surface area contributed by atoms with Gasteiger partial charge in [0.25, 0.3) is 5.91 Å². The van der Waals surface area contributed by atoms with Crippen LogP contribution in [0.1, 0.15) is 16.7 Å². The van der Waals surface area contributed by atoms with E-state index in [0.29, 0.717) is 11.3 Å². The number of hydrogen-bond acceptors (Lipinski definition) is 5. The first-order chi connectivity index (χ1) is 16.1. The van der Waals surface area contributed by atoms with Gasteiger partial charge in [0, 0.05) is 5.69 Å². The molecule has 0 radical (unpaired) electrons. The van der Waals surface area contributed by atoms with Gasteiger partial charge in [-0.1, -0.05) is 48.5 Å². The highest BCUT2D eigenvalue weighted by atomic mass is 32.2. The number of benzene rings is 3. The zero-order valence-corrected chi connectivity index (χ0v) is 19.6. The van der Waals surface area contributed by atoms with E-state index in [1.165, 1.54) is 12.1 Å². The molecule has 2 N–H and O–H groups in total. The molecule has 34 heavy (non-hydrogen) atoms. The molecule has 0 fully saturated rings. The summed E-state index contributed by atoms with van der Waals surface area (Å²) >= 11 is 0. The van der Waals surface area contributed by atoms with Gasteiger partial charge < -0.3 is 10.1 Å². The molecule has 0 bridgehead atoms. The molecule has 3 aromatic rings. The lowest BCUT2D eigenvalue weighted by molar-refractivity contribution is -0.149. The molecule has 1 amide bonds. The summed E-state index contributed by atoms with van der Waals surface area (Å²) in [5, 5.41) is 2.64. The van der Waals surface area contributed by atoms with Gasteiger partial charge in [-0.2, -0.15) is 4.72 Å². The number of aryl methyl sites for hydroxylation is 2. The van der Waals surface area contributed by atoms with Crippen LogP contribution in [0.25, 0.3) is 0 Å². The number of carbonyl (C=O) groups excluding carboxylic acids is 2. The average molecular weight is 485 g/mol. The summed E-state index contributed by atoms with van der Waals surface area (Å²) < 4.78 is 46.9. The molecular formula is C25H25FN2O5S. The number of hydrogen-bond donors (Lipinski definition) is 2. The van der Waals surface area contributed by atoms with Crippen LogP contribution in [-0.2, 0) is 30.8 Å². The molecule has 7 nitrogen and oxygen atoms in total. The van der Waals surface area contributed by atoms with Crippen molar-refractivity contribution >= 4 is 27.6 Å². The van der Waals surface area contributed by atoms with E-state index in [4.69, 9.17) is 4.74 Å². The standard InChI is InChI=1S/C25H25FN2O5S/c1-17-12-18(2)14-20(13-17)27-24(29)16-33-25(30)22(15-19-8-4-3-5-9-19)28-34(31,32)23-11-7-6-10-21(23)26/h3-14,22,28H,15-16H2,1-2H3,(H,27,29)/t22-/m1/s1. The Labute approximate surface area is 198 Å². The van der Waals surface area contributed by atoms with Crippen molar-refractivity contribution in [3.05, 3.63) is 95.3 Å². The van der Waals surface area contributed by atoms with Gasteiger partial charge >= 0.3 is 5.97 Å². The Hall–Kier alpha value is -3.56. The Kier molecular flexibility index (Phi) is 8.14. The molecule has 0 aliphatic carbocycles. The summed E-state index contributed by atoms with van der Waals surface area (Å²) in [5.74, 6) is -2.48. The number of halogens is 1. The van der Waals surface area contributed by atoms with Crippen LogP contribution in [-0.4, -0.2) is 32.9 Å². The van der Waals surface area contributed by atoms with Crippen molar-refractivity contribution in [1.82, 2.24) is 4.72 Å². The Morgan fingerprint density at radius 2 is 1.56 bits per heavy atom. The van der Waals surface area contributed by atoms with Crippen LogP contribution in [0, 0.1) is 19.7 Å². The van der Waals surface area contributed by atoms with E-state index in [9.17, 15) is 22.4 Å². The number of ether oxygens (including phenoxy) is 1. The molecule has 0 heterocycles. The van der Waals surface area contributed by atoms with Crippen LogP contribution < -0.4 is 10.0 Å². The van der Waals surface area contributed by atoms with E-state index >= 15 is 0 Å². The minimum atomic E-state index is -4.38. The van der Waals surface area contributed by atoms with Crippen molar-refractivity contribution in [3.8, 4) is 0 Å². The molecule has 0 unspecified atom stereocenters. The fourth-order valence-electron chi connectivity index (χ4n) is 3.42. The van der Waals surface area contributed by atoms with Gasteiger partial charge in [-0.05, 0) is 61.2 Å². The van der Waals surface area contributed by atoms with E-state index in [0.717, 1.165) is 23.3 Å². The third-order valence-corrected chi connectivity index (χ3v) is 6.35. The molecule has 3 aromatic carbocycles. The topological polar surface area (TPSA) is 102 Å². The van der Waals surface area contributed by atoms with E-state index in [1.54, 1.807) is 42.5 Å². The van der Waals surface area contributed by atoms with E-state index in [2.05, 4.69) is 10.0 Å². The summed E-state index contributed by atoms with van der Waals surface area (Å²) in [5.41, 5.74) is 3.12. The lowest BCUT2D eigenvalue weighted by Crippen LogP contribution is -2.44. The van der Waals surface area contributed by atoms with Gasteiger partial charge in [0.1, 0.15) is 16.8 Å². The predicted molar refractivity (Wildman–Crippen MR) is 126 cm³/mol. The minimum Gasteiger partial charge on any atom is -0.454 e. The third-order valence-electron chi connectivity index (χ3n) is 4.84. The van der Waals surface area contributed by atoms with Crippen molar-refractivity contribution in [2.45, 2.75) is 31.2 Å². The lowest BCUT2D eigenvalue weighted by atomic mass is 10.1.